The Hall–Kier alpha value is -3.81. The number of carbonyl (C=O) groups is 1. The minimum Gasteiger partial charge on any atom is -0.497 e. The molecule has 0 aliphatic rings. The van der Waals surface area contributed by atoms with Gasteiger partial charge in [-0.1, -0.05) is 0 Å². The molecule has 2 aromatic carbocycles. The zero-order chi connectivity index (χ0) is 19.9. The first kappa shape index (κ1) is 19.0. The molecular weight excluding hydrogens is 358 g/mol. The molecule has 0 radical (unpaired) electrons. The van der Waals surface area contributed by atoms with Crippen LogP contribution in [0.3, 0.4) is 0 Å². The summed E-state index contributed by atoms with van der Waals surface area (Å²) in [5.41, 5.74) is 2.32. The van der Waals surface area contributed by atoms with E-state index < -0.39 is 0 Å². The topological polar surface area (TPSA) is 97.4 Å². The summed E-state index contributed by atoms with van der Waals surface area (Å²) in [6, 6.07) is 14.6. The van der Waals surface area contributed by atoms with Crippen molar-refractivity contribution in [1.82, 2.24) is 9.97 Å². The van der Waals surface area contributed by atoms with Crippen molar-refractivity contribution in [2.45, 2.75) is 6.92 Å². The lowest BCUT2D eigenvalue weighted by molar-refractivity contribution is -0.114. The smallest absolute Gasteiger partial charge is 0.221 e. The van der Waals surface area contributed by atoms with Crippen molar-refractivity contribution in [2.24, 2.45) is 0 Å². The maximum atomic E-state index is 11.1. The average molecular weight is 379 g/mol. The molecule has 3 N–H and O–H groups in total. The van der Waals surface area contributed by atoms with E-state index in [1.807, 2.05) is 36.4 Å². The highest BCUT2D eigenvalue weighted by atomic mass is 16.5. The summed E-state index contributed by atoms with van der Waals surface area (Å²) < 4.78 is 10.6. The van der Waals surface area contributed by atoms with E-state index in [9.17, 15) is 4.79 Å². The lowest BCUT2D eigenvalue weighted by Crippen LogP contribution is -2.05. The van der Waals surface area contributed by atoms with Gasteiger partial charge in [-0.15, -0.1) is 0 Å². The zero-order valence-corrected chi connectivity index (χ0v) is 15.8. The highest BCUT2D eigenvalue weighted by molar-refractivity contribution is 5.88. The molecule has 0 unspecified atom stereocenters. The van der Waals surface area contributed by atoms with E-state index >= 15 is 0 Å². The van der Waals surface area contributed by atoms with Crippen LogP contribution in [0, 0.1) is 0 Å². The standard InChI is InChI=1S/C20H21N5O3/c1-13(26)23-14-4-6-15(7-5-14)24-19-11-20(22-12-21-19)25-17-9-8-16(27-2)10-18(17)28-3/h4-12H,1-3H3,(H,23,26)(H2,21,22,24,25). The second-order valence-electron chi connectivity index (χ2n) is 5.86. The molecule has 1 amide bonds. The fourth-order valence-electron chi connectivity index (χ4n) is 2.52. The number of hydrogen-bond acceptors (Lipinski definition) is 7. The van der Waals surface area contributed by atoms with Crippen molar-refractivity contribution in [3.63, 3.8) is 0 Å². The third-order valence-electron chi connectivity index (χ3n) is 3.82. The SMILES string of the molecule is COc1ccc(Nc2cc(Nc3ccc(NC(C)=O)cc3)ncn2)c(OC)c1. The van der Waals surface area contributed by atoms with Crippen LogP contribution in [-0.2, 0) is 4.79 Å². The molecule has 3 aromatic rings. The molecule has 0 saturated carbocycles. The van der Waals surface area contributed by atoms with Gasteiger partial charge >= 0.3 is 0 Å². The number of amides is 1. The predicted molar refractivity (Wildman–Crippen MR) is 109 cm³/mol. The van der Waals surface area contributed by atoms with Gasteiger partial charge in [-0.05, 0) is 36.4 Å². The van der Waals surface area contributed by atoms with Crippen LogP contribution in [0.15, 0.2) is 54.9 Å². The highest BCUT2D eigenvalue weighted by Crippen LogP contribution is 2.31. The molecule has 0 aliphatic heterocycles. The third kappa shape index (κ3) is 4.88. The van der Waals surface area contributed by atoms with Gasteiger partial charge in [-0.2, -0.15) is 0 Å². The van der Waals surface area contributed by atoms with E-state index in [-0.39, 0.29) is 5.91 Å². The Bertz CT molecular complexity index is 960. The summed E-state index contributed by atoms with van der Waals surface area (Å²) in [6.45, 7) is 1.47. The number of methoxy groups -OCH3 is 2. The van der Waals surface area contributed by atoms with Crippen LogP contribution >= 0.6 is 0 Å². The first-order valence-corrected chi connectivity index (χ1v) is 8.53. The molecule has 0 fully saturated rings. The summed E-state index contributed by atoms with van der Waals surface area (Å²) in [7, 11) is 3.20. The second kappa shape index (κ2) is 8.72. The molecule has 0 spiro atoms. The third-order valence-corrected chi connectivity index (χ3v) is 3.82. The van der Waals surface area contributed by atoms with Gasteiger partial charge in [0.05, 0.1) is 19.9 Å². The molecule has 144 valence electrons. The van der Waals surface area contributed by atoms with Crippen LogP contribution in [-0.4, -0.2) is 30.1 Å². The Morgan fingerprint density at radius 2 is 1.54 bits per heavy atom. The molecule has 0 atom stereocenters. The molecule has 8 heteroatoms. The summed E-state index contributed by atoms with van der Waals surface area (Å²) in [6.07, 6.45) is 1.46. The Kier molecular flexibility index (Phi) is 5.91. The normalized spacial score (nSPS) is 10.1. The number of benzene rings is 2. The number of hydrogen-bond donors (Lipinski definition) is 3. The van der Waals surface area contributed by atoms with Gasteiger partial charge in [-0.25, -0.2) is 9.97 Å². The van der Waals surface area contributed by atoms with E-state index in [1.54, 1.807) is 26.4 Å². The maximum Gasteiger partial charge on any atom is 0.221 e. The van der Waals surface area contributed by atoms with Gasteiger partial charge in [-0.3, -0.25) is 4.79 Å². The molecule has 3 rings (SSSR count). The Morgan fingerprint density at radius 1 is 0.857 bits per heavy atom. The lowest BCUT2D eigenvalue weighted by Gasteiger charge is -2.13. The van der Waals surface area contributed by atoms with Crippen LogP contribution in [0.2, 0.25) is 0 Å². The van der Waals surface area contributed by atoms with Crippen LogP contribution in [0.4, 0.5) is 28.7 Å². The summed E-state index contributed by atoms with van der Waals surface area (Å²) >= 11 is 0. The number of ether oxygens (including phenoxy) is 2. The summed E-state index contributed by atoms with van der Waals surface area (Å²) in [5, 5.41) is 9.14. The van der Waals surface area contributed by atoms with Crippen molar-refractivity contribution in [2.75, 3.05) is 30.2 Å². The van der Waals surface area contributed by atoms with Crippen molar-refractivity contribution in [3.05, 3.63) is 54.9 Å². The average Bonchev–Trinajstić information content (AvgIpc) is 2.70. The molecule has 28 heavy (non-hydrogen) atoms. The van der Waals surface area contributed by atoms with Gasteiger partial charge in [0.1, 0.15) is 29.5 Å². The Morgan fingerprint density at radius 3 is 2.18 bits per heavy atom. The summed E-state index contributed by atoms with van der Waals surface area (Å²) in [5.74, 6) is 2.46. The largest absolute Gasteiger partial charge is 0.497 e. The minimum absolute atomic E-state index is 0.110. The fraction of sp³-hybridized carbons (Fsp3) is 0.150. The maximum absolute atomic E-state index is 11.1. The van der Waals surface area contributed by atoms with Crippen molar-refractivity contribution in [3.8, 4) is 11.5 Å². The number of nitrogens with one attached hydrogen (secondary N) is 3. The van der Waals surface area contributed by atoms with Gasteiger partial charge in [0, 0.05) is 30.4 Å². The van der Waals surface area contributed by atoms with Gasteiger partial charge in [0.15, 0.2) is 0 Å². The lowest BCUT2D eigenvalue weighted by atomic mass is 10.2. The van der Waals surface area contributed by atoms with E-state index in [2.05, 4.69) is 25.9 Å². The monoisotopic (exact) mass is 379 g/mol. The van der Waals surface area contributed by atoms with Gasteiger partial charge < -0.3 is 25.4 Å². The van der Waals surface area contributed by atoms with E-state index in [1.165, 1.54) is 13.3 Å². The Labute approximate surface area is 162 Å². The van der Waals surface area contributed by atoms with Crippen LogP contribution in [0.5, 0.6) is 11.5 Å². The van der Waals surface area contributed by atoms with Gasteiger partial charge in [0.2, 0.25) is 5.91 Å². The molecule has 0 saturated heterocycles. The van der Waals surface area contributed by atoms with Crippen molar-refractivity contribution < 1.29 is 14.3 Å². The van der Waals surface area contributed by atoms with Crippen molar-refractivity contribution in [1.29, 1.82) is 0 Å². The number of nitrogens with zero attached hydrogens (tertiary/aromatic N) is 2. The first-order chi connectivity index (χ1) is 13.6. The van der Waals surface area contributed by atoms with Crippen LogP contribution in [0.1, 0.15) is 6.92 Å². The number of carbonyl (C=O) groups excluding carboxylic acids is 1. The van der Waals surface area contributed by atoms with Crippen LogP contribution in [0.25, 0.3) is 0 Å². The molecule has 0 bridgehead atoms. The quantitative estimate of drug-likeness (QED) is 0.572. The van der Waals surface area contributed by atoms with E-state index in [0.717, 1.165) is 17.1 Å². The fourth-order valence-corrected chi connectivity index (χ4v) is 2.52. The predicted octanol–water partition coefficient (Wildman–Crippen LogP) is 3.94. The second-order valence-corrected chi connectivity index (χ2v) is 5.86. The summed E-state index contributed by atoms with van der Waals surface area (Å²) in [4.78, 5) is 19.6. The molecule has 0 aliphatic carbocycles. The van der Waals surface area contributed by atoms with Crippen molar-refractivity contribution >= 4 is 34.6 Å². The highest BCUT2D eigenvalue weighted by Gasteiger charge is 2.07. The molecular formula is C20H21N5O3. The first-order valence-electron chi connectivity index (χ1n) is 8.53. The number of aromatic nitrogens is 2. The van der Waals surface area contributed by atoms with Gasteiger partial charge in [0.25, 0.3) is 0 Å². The zero-order valence-electron chi connectivity index (χ0n) is 15.8. The van der Waals surface area contributed by atoms with Crippen LogP contribution < -0.4 is 25.4 Å². The number of anilines is 5. The molecule has 1 aromatic heterocycles. The Balaban J connectivity index is 1.73. The minimum atomic E-state index is -0.110. The van der Waals surface area contributed by atoms with E-state index in [4.69, 9.17) is 9.47 Å². The van der Waals surface area contributed by atoms with E-state index in [0.29, 0.717) is 23.1 Å². The molecule has 8 nitrogen and oxygen atoms in total. The number of rotatable bonds is 7. The molecule has 1 heterocycles.